The summed E-state index contributed by atoms with van der Waals surface area (Å²) in [6.45, 7) is 0.519. The molecule has 1 fully saturated rings. The summed E-state index contributed by atoms with van der Waals surface area (Å²) in [6.07, 6.45) is 6.39. The fourth-order valence-electron chi connectivity index (χ4n) is 3.05. The molecule has 3 heterocycles. The predicted octanol–water partition coefficient (Wildman–Crippen LogP) is 1.88. The molecule has 0 aliphatic carbocycles. The van der Waals surface area contributed by atoms with Gasteiger partial charge >= 0.3 is 0 Å². The molecule has 0 saturated carbocycles. The van der Waals surface area contributed by atoms with Gasteiger partial charge in [-0.2, -0.15) is 0 Å². The van der Waals surface area contributed by atoms with Crippen molar-refractivity contribution in [2.75, 3.05) is 13.7 Å². The fourth-order valence-corrected chi connectivity index (χ4v) is 4.51. The molecule has 3 rings (SSSR count). The van der Waals surface area contributed by atoms with Crippen molar-refractivity contribution >= 4 is 23.5 Å². The monoisotopic (exact) mass is 332 g/mol. The number of amides is 1. The smallest absolute Gasteiger partial charge is 0.265 e. The van der Waals surface area contributed by atoms with Gasteiger partial charge in [-0.05, 0) is 25.0 Å². The van der Waals surface area contributed by atoms with Crippen molar-refractivity contribution in [1.29, 1.82) is 0 Å². The van der Waals surface area contributed by atoms with Crippen molar-refractivity contribution in [3.05, 3.63) is 41.1 Å². The number of rotatable bonds is 4. The maximum absolute atomic E-state index is 12.6. The number of Topliss-reactive ketones (excluding diaryl/α,β-unsaturated/α-hetero) is 1. The van der Waals surface area contributed by atoms with E-state index in [9.17, 15) is 9.59 Å². The zero-order valence-electron chi connectivity index (χ0n) is 13.1. The second kappa shape index (κ2) is 6.84. The van der Waals surface area contributed by atoms with Gasteiger partial charge in [0.1, 0.15) is 0 Å². The van der Waals surface area contributed by atoms with E-state index in [0.29, 0.717) is 19.4 Å². The van der Waals surface area contributed by atoms with Crippen LogP contribution in [0.25, 0.3) is 0 Å². The number of methoxy groups -OCH3 is 1. The summed E-state index contributed by atoms with van der Waals surface area (Å²) in [4.78, 5) is 30.2. The lowest BCUT2D eigenvalue weighted by molar-refractivity contribution is -0.149. The van der Waals surface area contributed by atoms with Crippen LogP contribution in [0.4, 0.5) is 0 Å². The van der Waals surface area contributed by atoms with Crippen LogP contribution in [-0.4, -0.2) is 41.2 Å². The highest BCUT2D eigenvalue weighted by molar-refractivity contribution is 8.04. The number of carbonyl (C=O) groups is 2. The van der Waals surface area contributed by atoms with E-state index in [1.807, 2.05) is 24.3 Å². The minimum Gasteiger partial charge on any atom is -0.357 e. The van der Waals surface area contributed by atoms with E-state index in [-0.39, 0.29) is 16.9 Å². The number of hydrogen-bond acceptors (Lipinski definition) is 5. The SMILES string of the molecule is COC1(C2=CCC(Cc3ccccn3)S2)C(=O)CCCNC1=O. The molecule has 1 saturated heterocycles. The summed E-state index contributed by atoms with van der Waals surface area (Å²) in [6, 6.07) is 5.85. The molecule has 0 bridgehead atoms. The number of allylic oxidation sites excluding steroid dienone is 1. The number of hydrogen-bond donors (Lipinski definition) is 1. The number of ketones is 1. The number of aromatic nitrogens is 1. The van der Waals surface area contributed by atoms with Crippen LogP contribution < -0.4 is 5.32 Å². The number of ether oxygens (including phenoxy) is 1. The van der Waals surface area contributed by atoms with Crippen molar-refractivity contribution in [3.8, 4) is 0 Å². The number of nitrogens with zero attached hydrogens (tertiary/aromatic N) is 1. The highest BCUT2D eigenvalue weighted by Crippen LogP contribution is 2.43. The molecule has 1 amide bonds. The van der Waals surface area contributed by atoms with Crippen LogP contribution in [0.5, 0.6) is 0 Å². The highest BCUT2D eigenvalue weighted by atomic mass is 32.2. The Hall–Kier alpha value is -1.66. The lowest BCUT2D eigenvalue weighted by Crippen LogP contribution is -2.53. The minimum absolute atomic E-state index is 0.146. The van der Waals surface area contributed by atoms with Gasteiger partial charge < -0.3 is 10.1 Å². The number of nitrogens with one attached hydrogen (secondary N) is 1. The molecule has 23 heavy (non-hydrogen) atoms. The van der Waals surface area contributed by atoms with E-state index in [2.05, 4.69) is 10.3 Å². The van der Waals surface area contributed by atoms with Gasteiger partial charge in [-0.15, -0.1) is 11.8 Å². The largest absolute Gasteiger partial charge is 0.357 e. The molecule has 1 aromatic heterocycles. The minimum atomic E-state index is -1.46. The van der Waals surface area contributed by atoms with Gasteiger partial charge in [0.2, 0.25) is 5.60 Å². The van der Waals surface area contributed by atoms with Crippen LogP contribution in [0.15, 0.2) is 35.4 Å². The van der Waals surface area contributed by atoms with Gasteiger partial charge in [0.25, 0.3) is 5.91 Å². The van der Waals surface area contributed by atoms with E-state index >= 15 is 0 Å². The summed E-state index contributed by atoms with van der Waals surface area (Å²) in [7, 11) is 1.44. The summed E-state index contributed by atoms with van der Waals surface area (Å²) in [5.41, 5.74) is -0.442. The first-order chi connectivity index (χ1) is 11.2. The summed E-state index contributed by atoms with van der Waals surface area (Å²) in [5, 5.41) is 3.08. The third-order valence-electron chi connectivity index (χ3n) is 4.25. The van der Waals surface area contributed by atoms with Crippen molar-refractivity contribution in [1.82, 2.24) is 10.3 Å². The van der Waals surface area contributed by atoms with Gasteiger partial charge in [-0.3, -0.25) is 14.6 Å². The van der Waals surface area contributed by atoms with Crippen molar-refractivity contribution in [2.24, 2.45) is 0 Å². The number of carbonyl (C=O) groups excluding carboxylic acids is 2. The Morgan fingerprint density at radius 3 is 3.04 bits per heavy atom. The Bertz CT molecular complexity index is 612. The summed E-state index contributed by atoms with van der Waals surface area (Å²) < 4.78 is 5.50. The first-order valence-electron chi connectivity index (χ1n) is 7.81. The molecule has 122 valence electrons. The molecule has 2 aliphatic heterocycles. The summed E-state index contributed by atoms with van der Waals surface area (Å²) in [5.74, 6) is -0.480. The zero-order valence-corrected chi connectivity index (χ0v) is 13.9. The van der Waals surface area contributed by atoms with Gasteiger partial charge in [-0.1, -0.05) is 12.1 Å². The van der Waals surface area contributed by atoms with Crippen LogP contribution in [0.3, 0.4) is 0 Å². The van der Waals surface area contributed by atoms with Crippen LogP contribution in [-0.2, 0) is 20.7 Å². The standard InChI is InChI=1S/C17H20N2O3S/c1-22-17(14(20)6-4-10-19-16(17)21)15-8-7-13(23-15)11-12-5-2-3-9-18-12/h2-3,5,8-9,13H,4,6-7,10-11H2,1H3,(H,19,21). The molecule has 0 aromatic carbocycles. The molecule has 1 N–H and O–H groups in total. The van der Waals surface area contributed by atoms with Gasteiger partial charge in [0.15, 0.2) is 5.78 Å². The third kappa shape index (κ3) is 3.05. The molecular formula is C17H20N2O3S. The van der Waals surface area contributed by atoms with Gasteiger partial charge in [-0.25, -0.2) is 0 Å². The quantitative estimate of drug-likeness (QED) is 0.853. The predicted molar refractivity (Wildman–Crippen MR) is 89.0 cm³/mol. The topological polar surface area (TPSA) is 68.3 Å². The molecule has 1 aromatic rings. The van der Waals surface area contributed by atoms with Crippen molar-refractivity contribution < 1.29 is 14.3 Å². The lowest BCUT2D eigenvalue weighted by atomic mass is 9.93. The van der Waals surface area contributed by atoms with E-state index in [4.69, 9.17) is 4.74 Å². The maximum Gasteiger partial charge on any atom is 0.265 e. The fraction of sp³-hybridized carbons (Fsp3) is 0.471. The molecule has 5 nitrogen and oxygen atoms in total. The second-order valence-corrected chi connectivity index (χ2v) is 7.08. The van der Waals surface area contributed by atoms with Gasteiger partial charge in [0, 0.05) is 48.5 Å². The first-order valence-corrected chi connectivity index (χ1v) is 8.68. The average Bonchev–Trinajstić information content (AvgIpc) is 2.96. The number of pyridine rings is 1. The second-order valence-electron chi connectivity index (χ2n) is 5.74. The molecule has 2 unspecified atom stereocenters. The zero-order chi connectivity index (χ0) is 16.3. The molecule has 0 radical (unpaired) electrons. The van der Waals surface area contributed by atoms with Crippen LogP contribution in [0.1, 0.15) is 25.0 Å². The molecule has 2 aliphatic rings. The third-order valence-corrected chi connectivity index (χ3v) is 5.66. The van der Waals surface area contributed by atoms with E-state index in [1.54, 1.807) is 18.0 Å². The molecule has 2 atom stereocenters. The Balaban J connectivity index is 1.77. The van der Waals surface area contributed by atoms with E-state index in [1.165, 1.54) is 7.11 Å². The molecular weight excluding hydrogens is 312 g/mol. The van der Waals surface area contributed by atoms with E-state index < -0.39 is 5.60 Å². The maximum atomic E-state index is 12.6. The van der Waals surface area contributed by atoms with Gasteiger partial charge in [0.05, 0.1) is 0 Å². The highest BCUT2D eigenvalue weighted by Gasteiger charge is 2.51. The van der Waals surface area contributed by atoms with Crippen molar-refractivity contribution in [2.45, 2.75) is 36.5 Å². The van der Waals surface area contributed by atoms with Crippen LogP contribution in [0, 0.1) is 0 Å². The Morgan fingerprint density at radius 2 is 2.30 bits per heavy atom. The van der Waals surface area contributed by atoms with Crippen molar-refractivity contribution in [3.63, 3.8) is 0 Å². The van der Waals surface area contributed by atoms with Crippen LogP contribution >= 0.6 is 11.8 Å². The Labute approximate surface area is 139 Å². The lowest BCUT2D eigenvalue weighted by Gasteiger charge is -2.29. The number of thioether (sulfide) groups is 1. The Morgan fingerprint density at radius 1 is 1.43 bits per heavy atom. The Kier molecular flexibility index (Phi) is 4.82. The molecule has 0 spiro atoms. The first kappa shape index (κ1) is 16.2. The molecule has 6 heteroatoms. The van der Waals surface area contributed by atoms with Crippen LogP contribution in [0.2, 0.25) is 0 Å². The summed E-state index contributed by atoms with van der Waals surface area (Å²) >= 11 is 1.57. The van der Waals surface area contributed by atoms with E-state index in [0.717, 1.165) is 23.4 Å². The normalized spacial score (nSPS) is 28.2. The average molecular weight is 332 g/mol.